The average Bonchev–Trinajstić information content (AvgIpc) is 2.75. The molecule has 6 nitrogen and oxygen atoms in total. The summed E-state index contributed by atoms with van der Waals surface area (Å²) in [5.74, 6) is 4.61. The molecule has 0 aromatic heterocycles. The van der Waals surface area contributed by atoms with Gasteiger partial charge in [0.05, 0.1) is 11.4 Å². The van der Waals surface area contributed by atoms with Crippen molar-refractivity contribution >= 4 is 15.9 Å². The minimum absolute atomic E-state index is 0.132. The summed E-state index contributed by atoms with van der Waals surface area (Å²) < 4.78 is 27.5. The third-order valence-electron chi connectivity index (χ3n) is 3.85. The highest BCUT2D eigenvalue weighted by Crippen LogP contribution is 2.39. The molecular weight excluding hydrogens is 326 g/mol. The summed E-state index contributed by atoms with van der Waals surface area (Å²) >= 11 is 0. The van der Waals surface area contributed by atoms with Crippen LogP contribution < -0.4 is 16.0 Å². The lowest BCUT2D eigenvalue weighted by molar-refractivity contribution is -0.120. The van der Waals surface area contributed by atoms with E-state index < -0.39 is 22.5 Å². The molecule has 128 valence electrons. The fourth-order valence-corrected chi connectivity index (χ4v) is 3.82. The first-order valence-electron chi connectivity index (χ1n) is 7.54. The lowest BCUT2D eigenvalue weighted by Gasteiger charge is -2.11. The van der Waals surface area contributed by atoms with Gasteiger partial charge in [-0.15, -0.1) is 0 Å². The average molecular weight is 347 g/mol. The van der Waals surface area contributed by atoms with Crippen molar-refractivity contribution < 1.29 is 13.2 Å². The number of hydrazine groups is 1. The summed E-state index contributed by atoms with van der Waals surface area (Å²) in [7, 11) is -3.86. The summed E-state index contributed by atoms with van der Waals surface area (Å²) in [4.78, 5) is 11.4. The quantitative estimate of drug-likeness (QED) is 0.302. The molecule has 0 radical (unpaired) electrons. The van der Waals surface area contributed by atoms with Crippen molar-refractivity contribution in [2.75, 3.05) is 6.54 Å². The zero-order chi connectivity index (χ0) is 18.1. The minimum Gasteiger partial charge on any atom is -0.293 e. The van der Waals surface area contributed by atoms with Crippen LogP contribution in [0.2, 0.25) is 0 Å². The molecule has 2 rings (SSSR count). The maximum absolute atomic E-state index is 12.6. The van der Waals surface area contributed by atoms with E-state index in [9.17, 15) is 13.2 Å². The second-order valence-electron chi connectivity index (χ2n) is 6.00. The van der Waals surface area contributed by atoms with Crippen LogP contribution in [-0.2, 0) is 14.8 Å². The number of nitrogens with one attached hydrogen (secondary N) is 2. The lowest BCUT2D eigenvalue weighted by Crippen LogP contribution is -2.40. The Kier molecular flexibility index (Phi) is 5.13. The van der Waals surface area contributed by atoms with Crippen molar-refractivity contribution in [1.29, 1.82) is 0 Å². The van der Waals surface area contributed by atoms with E-state index in [1.165, 1.54) is 0 Å². The maximum atomic E-state index is 12.6. The molecule has 0 aliphatic heterocycles. The predicted molar refractivity (Wildman–Crippen MR) is 92.7 cm³/mol. The van der Waals surface area contributed by atoms with Crippen LogP contribution in [0, 0.1) is 5.92 Å². The van der Waals surface area contributed by atoms with E-state index in [1.807, 2.05) is 32.3 Å². The molecule has 0 heterocycles. The number of sulfonamides is 1. The zero-order valence-corrected chi connectivity index (χ0v) is 15.0. The molecule has 0 aromatic carbocycles. The fourth-order valence-electron chi connectivity index (χ4n) is 2.48. The Hall–Kier alpha value is -2.14. The van der Waals surface area contributed by atoms with Gasteiger partial charge < -0.3 is 0 Å². The van der Waals surface area contributed by atoms with Crippen LogP contribution in [0.3, 0.4) is 0 Å². The van der Waals surface area contributed by atoms with Gasteiger partial charge in [0.15, 0.2) is 0 Å². The van der Waals surface area contributed by atoms with E-state index in [2.05, 4.69) is 16.2 Å². The number of carbonyl (C=O) groups excluding carboxylic acids is 1. The Morgan fingerprint density at radius 1 is 1.25 bits per heavy atom. The molecule has 1 amide bonds. The monoisotopic (exact) mass is 347 g/mol. The third-order valence-corrected chi connectivity index (χ3v) is 5.28. The zero-order valence-electron chi connectivity index (χ0n) is 14.1. The molecule has 0 fully saturated rings. The normalized spacial score (nSPS) is 17.1. The third kappa shape index (κ3) is 3.51. The van der Waals surface area contributed by atoms with Crippen LogP contribution in [0.1, 0.15) is 27.7 Å². The number of nitrogens with two attached hydrogens (primary N) is 1. The van der Waals surface area contributed by atoms with Crippen molar-refractivity contribution in [3.63, 3.8) is 0 Å². The Morgan fingerprint density at radius 2 is 1.92 bits per heavy atom. The number of hydrogen-bond donors (Lipinski definition) is 3. The van der Waals surface area contributed by atoms with Crippen molar-refractivity contribution in [2.45, 2.75) is 27.7 Å². The number of allylic oxidation sites excluding steroid dienone is 7. The molecule has 0 aromatic rings. The number of rotatable bonds is 5. The first-order valence-corrected chi connectivity index (χ1v) is 9.02. The SMILES string of the molecule is CC1=C=C=C(C(C)C)C=C2C(C)=CC(S(=O)(=O)NCC(=O)NN)=C12. The summed E-state index contributed by atoms with van der Waals surface area (Å²) in [6.45, 7) is 7.33. The lowest BCUT2D eigenvalue weighted by atomic mass is 9.95. The summed E-state index contributed by atoms with van der Waals surface area (Å²) in [5.41, 5.74) is 12.0. The molecule has 0 bridgehead atoms. The number of fused-ring (bicyclic) bond motifs is 1. The summed E-state index contributed by atoms with van der Waals surface area (Å²) in [6, 6.07) is 0. The molecule has 24 heavy (non-hydrogen) atoms. The van der Waals surface area contributed by atoms with Gasteiger partial charge in [-0.3, -0.25) is 10.2 Å². The molecule has 4 N–H and O–H groups in total. The summed E-state index contributed by atoms with van der Waals surface area (Å²) in [6.07, 6.45) is 3.56. The van der Waals surface area contributed by atoms with Crippen molar-refractivity contribution in [1.82, 2.24) is 10.1 Å². The highest BCUT2D eigenvalue weighted by atomic mass is 32.2. The highest BCUT2D eigenvalue weighted by Gasteiger charge is 2.30. The van der Waals surface area contributed by atoms with Gasteiger partial charge in [0.25, 0.3) is 0 Å². The molecule has 0 saturated carbocycles. The fraction of sp³-hybridized carbons (Fsp3) is 0.353. The predicted octanol–water partition coefficient (Wildman–Crippen LogP) is 1.33. The van der Waals surface area contributed by atoms with Crippen LogP contribution in [-0.4, -0.2) is 20.9 Å². The maximum Gasteiger partial charge on any atom is 0.248 e. The van der Waals surface area contributed by atoms with E-state index >= 15 is 0 Å². The van der Waals surface area contributed by atoms with Crippen molar-refractivity contribution in [3.05, 3.63) is 56.4 Å². The van der Waals surface area contributed by atoms with Gasteiger partial charge in [-0.25, -0.2) is 19.0 Å². The number of amides is 1. The molecule has 7 heteroatoms. The first-order chi connectivity index (χ1) is 11.2. The molecule has 2 aliphatic carbocycles. The molecule has 0 spiro atoms. The van der Waals surface area contributed by atoms with Crippen LogP contribution in [0.5, 0.6) is 0 Å². The number of hydrogen-bond acceptors (Lipinski definition) is 4. The Morgan fingerprint density at radius 3 is 2.50 bits per heavy atom. The first kappa shape index (κ1) is 18.2. The van der Waals surface area contributed by atoms with Crippen molar-refractivity contribution in [2.24, 2.45) is 11.8 Å². The van der Waals surface area contributed by atoms with Gasteiger partial charge in [-0.05, 0) is 43.1 Å². The van der Waals surface area contributed by atoms with Gasteiger partial charge in [-0.2, -0.15) is 0 Å². The Bertz CT molecular complexity index is 889. The van der Waals surface area contributed by atoms with Crippen LogP contribution in [0.4, 0.5) is 0 Å². The van der Waals surface area contributed by atoms with E-state index in [0.29, 0.717) is 11.1 Å². The Labute approximate surface area is 142 Å². The largest absolute Gasteiger partial charge is 0.293 e. The molecular formula is C17H21N3O3S. The molecule has 0 unspecified atom stereocenters. The second kappa shape index (κ2) is 6.77. The van der Waals surface area contributed by atoms with E-state index in [-0.39, 0.29) is 10.8 Å². The minimum atomic E-state index is -3.86. The van der Waals surface area contributed by atoms with Gasteiger partial charge in [-0.1, -0.05) is 25.3 Å². The van der Waals surface area contributed by atoms with Crippen molar-refractivity contribution in [3.8, 4) is 0 Å². The molecule has 0 saturated heterocycles. The van der Waals surface area contributed by atoms with Gasteiger partial charge >= 0.3 is 0 Å². The van der Waals surface area contributed by atoms with E-state index in [0.717, 1.165) is 16.7 Å². The van der Waals surface area contributed by atoms with Crippen LogP contribution >= 0.6 is 0 Å². The molecule has 2 aliphatic rings. The van der Waals surface area contributed by atoms with Gasteiger partial charge in [0.1, 0.15) is 0 Å². The smallest absolute Gasteiger partial charge is 0.248 e. The second-order valence-corrected chi connectivity index (χ2v) is 7.74. The van der Waals surface area contributed by atoms with E-state index in [1.54, 1.807) is 13.0 Å². The topological polar surface area (TPSA) is 101 Å². The van der Waals surface area contributed by atoms with Gasteiger partial charge in [0.2, 0.25) is 15.9 Å². The molecule has 0 atom stereocenters. The Balaban J connectivity index is 2.54. The standard InChI is InChI=1S/C17H21N3O3S/c1-10(2)13-6-5-11(3)17-14(8-13)12(4)7-15(17)24(22,23)19-9-16(21)20-18/h7-8,10,19H,9,18H2,1-4H3,(H,20,21). The van der Waals surface area contributed by atoms with Crippen LogP contribution in [0.25, 0.3) is 0 Å². The van der Waals surface area contributed by atoms with Crippen LogP contribution in [0.15, 0.2) is 56.4 Å². The van der Waals surface area contributed by atoms with E-state index in [4.69, 9.17) is 5.84 Å². The number of carbonyl (C=O) groups is 1. The summed E-state index contributed by atoms with van der Waals surface area (Å²) in [5, 5.41) is 0. The van der Waals surface area contributed by atoms with Gasteiger partial charge in [0, 0.05) is 16.7 Å². The highest BCUT2D eigenvalue weighted by molar-refractivity contribution is 7.93.